The van der Waals surface area contributed by atoms with Crippen LogP contribution in [0.4, 0.5) is 0 Å². The summed E-state index contributed by atoms with van der Waals surface area (Å²) in [6, 6.07) is 0.388. The van der Waals surface area contributed by atoms with Gasteiger partial charge in [0.1, 0.15) is 0 Å². The molecular weight excluding hydrogens is 112 g/mol. The summed E-state index contributed by atoms with van der Waals surface area (Å²) in [6.07, 6.45) is 8.74. The SMILES string of the molecule is C1=CC2[N]N=CC2CC1. The van der Waals surface area contributed by atoms with E-state index in [-0.39, 0.29) is 0 Å². The Morgan fingerprint density at radius 3 is 3.33 bits per heavy atom. The Labute approximate surface area is 54.6 Å². The smallest absolute Gasteiger partial charge is 0.0971 e. The average Bonchev–Trinajstić information content (AvgIpc) is 2.33. The first-order valence-electron chi connectivity index (χ1n) is 3.37. The second-order valence-corrected chi connectivity index (χ2v) is 2.54. The number of nitrogens with zero attached hydrogens (tertiary/aromatic N) is 2. The number of hydrogen-bond donors (Lipinski definition) is 0. The molecule has 2 nitrogen and oxygen atoms in total. The monoisotopic (exact) mass is 121 g/mol. The summed E-state index contributed by atoms with van der Waals surface area (Å²) in [5, 5.41) is 3.88. The topological polar surface area (TPSA) is 26.5 Å². The Morgan fingerprint density at radius 1 is 1.44 bits per heavy atom. The molecule has 0 saturated heterocycles. The summed E-state index contributed by atoms with van der Waals surface area (Å²) in [6.45, 7) is 0. The van der Waals surface area contributed by atoms with Crippen molar-refractivity contribution >= 4 is 6.21 Å². The molecule has 0 spiro atoms. The molecule has 0 N–H and O–H groups in total. The van der Waals surface area contributed by atoms with Crippen molar-refractivity contribution in [3.8, 4) is 0 Å². The zero-order chi connectivity index (χ0) is 6.10. The Bertz CT molecular complexity index is 160. The number of rotatable bonds is 0. The molecule has 1 aliphatic heterocycles. The normalized spacial score (nSPS) is 38.2. The molecule has 0 aromatic carbocycles. The molecule has 2 aliphatic rings. The molecule has 1 aliphatic carbocycles. The number of allylic oxidation sites excluding steroid dienone is 1. The minimum atomic E-state index is 0.388. The fraction of sp³-hybridized carbons (Fsp3) is 0.571. The zero-order valence-corrected chi connectivity index (χ0v) is 5.20. The van der Waals surface area contributed by atoms with E-state index in [1.165, 1.54) is 12.8 Å². The predicted molar refractivity (Wildman–Crippen MR) is 36.3 cm³/mol. The largest absolute Gasteiger partial charge is 0.181 e. The van der Waals surface area contributed by atoms with Crippen molar-refractivity contribution in [2.24, 2.45) is 11.0 Å². The van der Waals surface area contributed by atoms with Gasteiger partial charge in [-0.2, -0.15) is 10.5 Å². The lowest BCUT2D eigenvalue weighted by molar-refractivity contribution is 0.505. The van der Waals surface area contributed by atoms with E-state index in [0.29, 0.717) is 12.0 Å². The van der Waals surface area contributed by atoms with Crippen LogP contribution in [0.2, 0.25) is 0 Å². The van der Waals surface area contributed by atoms with Crippen molar-refractivity contribution in [3.63, 3.8) is 0 Å². The van der Waals surface area contributed by atoms with Gasteiger partial charge < -0.3 is 0 Å². The van der Waals surface area contributed by atoms with Crippen LogP contribution in [0, 0.1) is 5.92 Å². The molecule has 0 aromatic heterocycles. The van der Waals surface area contributed by atoms with E-state index in [0.717, 1.165) is 0 Å². The summed E-state index contributed by atoms with van der Waals surface area (Å²) in [7, 11) is 0. The molecule has 1 heterocycles. The minimum absolute atomic E-state index is 0.388. The number of hydrogen-bond acceptors (Lipinski definition) is 1. The van der Waals surface area contributed by atoms with E-state index in [9.17, 15) is 0 Å². The molecule has 0 aromatic rings. The molecule has 0 saturated carbocycles. The number of fused-ring (bicyclic) bond motifs is 1. The van der Waals surface area contributed by atoms with Gasteiger partial charge in [-0.3, -0.25) is 0 Å². The van der Waals surface area contributed by atoms with E-state index in [4.69, 9.17) is 0 Å². The fourth-order valence-electron chi connectivity index (χ4n) is 1.33. The van der Waals surface area contributed by atoms with Crippen LogP contribution < -0.4 is 5.43 Å². The molecule has 2 heteroatoms. The van der Waals surface area contributed by atoms with Gasteiger partial charge in [-0.25, -0.2) is 0 Å². The zero-order valence-electron chi connectivity index (χ0n) is 5.20. The third-order valence-corrected chi connectivity index (χ3v) is 1.90. The first kappa shape index (κ1) is 5.03. The van der Waals surface area contributed by atoms with Gasteiger partial charge in [-0.15, -0.1) is 0 Å². The van der Waals surface area contributed by atoms with E-state index < -0.39 is 0 Å². The van der Waals surface area contributed by atoms with Crippen LogP contribution in [0.3, 0.4) is 0 Å². The highest BCUT2D eigenvalue weighted by molar-refractivity contribution is 5.64. The second-order valence-electron chi connectivity index (χ2n) is 2.54. The van der Waals surface area contributed by atoms with E-state index >= 15 is 0 Å². The highest BCUT2D eigenvalue weighted by Gasteiger charge is 2.24. The van der Waals surface area contributed by atoms with E-state index in [2.05, 4.69) is 22.7 Å². The van der Waals surface area contributed by atoms with Gasteiger partial charge in [0, 0.05) is 12.1 Å². The van der Waals surface area contributed by atoms with Gasteiger partial charge >= 0.3 is 0 Å². The maximum Gasteiger partial charge on any atom is 0.0971 e. The lowest BCUT2D eigenvalue weighted by atomic mass is 9.92. The molecule has 0 amide bonds. The van der Waals surface area contributed by atoms with Crippen molar-refractivity contribution in [2.75, 3.05) is 0 Å². The van der Waals surface area contributed by atoms with Crippen LogP contribution in [-0.4, -0.2) is 12.3 Å². The quantitative estimate of drug-likeness (QED) is 0.426. The van der Waals surface area contributed by atoms with Crippen LogP contribution in [0.1, 0.15) is 12.8 Å². The van der Waals surface area contributed by atoms with E-state index in [1.807, 2.05) is 6.21 Å². The molecule has 0 bridgehead atoms. The summed E-state index contributed by atoms with van der Waals surface area (Å²) in [5.74, 6) is 0.620. The van der Waals surface area contributed by atoms with Crippen LogP contribution in [-0.2, 0) is 0 Å². The molecule has 2 rings (SSSR count). The third kappa shape index (κ3) is 0.745. The second kappa shape index (κ2) is 1.87. The van der Waals surface area contributed by atoms with Crippen LogP contribution >= 0.6 is 0 Å². The van der Waals surface area contributed by atoms with Crippen molar-refractivity contribution in [1.29, 1.82) is 0 Å². The molecule has 47 valence electrons. The van der Waals surface area contributed by atoms with Crippen molar-refractivity contribution in [3.05, 3.63) is 12.2 Å². The van der Waals surface area contributed by atoms with Gasteiger partial charge in [-0.05, 0) is 12.8 Å². The summed E-state index contributed by atoms with van der Waals surface area (Å²) in [5.41, 5.74) is 4.04. The van der Waals surface area contributed by atoms with Gasteiger partial charge in [0.15, 0.2) is 0 Å². The van der Waals surface area contributed by atoms with Crippen LogP contribution in [0.15, 0.2) is 17.3 Å². The first-order valence-corrected chi connectivity index (χ1v) is 3.37. The first-order chi connectivity index (χ1) is 4.47. The van der Waals surface area contributed by atoms with Gasteiger partial charge in [0.25, 0.3) is 0 Å². The highest BCUT2D eigenvalue weighted by atomic mass is 15.3. The average molecular weight is 121 g/mol. The van der Waals surface area contributed by atoms with Crippen molar-refractivity contribution in [2.45, 2.75) is 18.9 Å². The van der Waals surface area contributed by atoms with Crippen LogP contribution in [0.5, 0.6) is 0 Å². The van der Waals surface area contributed by atoms with Crippen molar-refractivity contribution in [1.82, 2.24) is 5.43 Å². The molecule has 2 atom stereocenters. The Morgan fingerprint density at radius 2 is 2.44 bits per heavy atom. The molecular formula is C7H9N2. The van der Waals surface area contributed by atoms with Crippen LogP contribution in [0.25, 0.3) is 0 Å². The maximum absolute atomic E-state index is 4.04. The van der Waals surface area contributed by atoms with Crippen molar-refractivity contribution < 1.29 is 0 Å². The van der Waals surface area contributed by atoms with Gasteiger partial charge in [0.05, 0.1) is 6.04 Å². The predicted octanol–water partition coefficient (Wildman–Crippen LogP) is 0.925. The van der Waals surface area contributed by atoms with Gasteiger partial charge in [0.2, 0.25) is 0 Å². The Hall–Kier alpha value is -0.790. The minimum Gasteiger partial charge on any atom is -0.181 e. The summed E-state index contributed by atoms with van der Waals surface area (Å²) >= 11 is 0. The molecule has 0 fully saturated rings. The Balaban J connectivity index is 2.16. The molecule has 1 radical (unpaired) electrons. The molecule has 2 unspecified atom stereocenters. The van der Waals surface area contributed by atoms with E-state index in [1.54, 1.807) is 0 Å². The maximum atomic E-state index is 4.04. The lowest BCUT2D eigenvalue weighted by Crippen LogP contribution is -2.22. The third-order valence-electron chi connectivity index (χ3n) is 1.90. The van der Waals surface area contributed by atoms with Gasteiger partial charge in [-0.1, -0.05) is 12.2 Å². The Kier molecular flexibility index (Phi) is 1.04. The summed E-state index contributed by atoms with van der Waals surface area (Å²) in [4.78, 5) is 0. The highest BCUT2D eigenvalue weighted by Crippen LogP contribution is 2.20. The summed E-state index contributed by atoms with van der Waals surface area (Å²) < 4.78 is 0. The molecule has 9 heavy (non-hydrogen) atoms. The standard InChI is InChI=1S/C7H9N2/c1-2-4-7-6(3-1)5-8-9-7/h2,4-7H,1,3H2. The lowest BCUT2D eigenvalue weighted by Gasteiger charge is -2.15. The fourth-order valence-corrected chi connectivity index (χ4v) is 1.33.